The fraction of sp³-hybridized carbons (Fsp3) is 0.700. The average molecular weight is 167 g/mol. The van der Waals surface area contributed by atoms with Crippen molar-refractivity contribution in [3.8, 4) is 0 Å². The molecule has 0 aromatic rings. The van der Waals surface area contributed by atoms with Crippen LogP contribution in [0.25, 0.3) is 0 Å². The van der Waals surface area contributed by atoms with Gasteiger partial charge in [-0.1, -0.05) is 25.1 Å². The van der Waals surface area contributed by atoms with Crippen molar-refractivity contribution in [1.29, 1.82) is 0 Å². The first-order valence-corrected chi connectivity index (χ1v) is 4.46. The lowest BCUT2D eigenvalue weighted by molar-refractivity contribution is 0.318. The maximum atomic E-state index is 8.60. The number of hydrogen-bond acceptors (Lipinski definition) is 2. The molecule has 0 amide bonds. The molecule has 0 saturated heterocycles. The van der Waals surface area contributed by atoms with Crippen molar-refractivity contribution in [2.45, 2.75) is 40.0 Å². The van der Waals surface area contributed by atoms with Crippen LogP contribution in [0.5, 0.6) is 0 Å². The van der Waals surface area contributed by atoms with E-state index in [0.717, 1.165) is 12.1 Å². The summed E-state index contributed by atoms with van der Waals surface area (Å²) in [7, 11) is 0. The van der Waals surface area contributed by atoms with E-state index in [1.54, 1.807) is 0 Å². The second-order valence-corrected chi connectivity index (χ2v) is 4.20. The second kappa shape index (κ2) is 3.30. The molecule has 1 rings (SSSR count). The van der Waals surface area contributed by atoms with Gasteiger partial charge in [-0.3, -0.25) is 0 Å². The Labute approximate surface area is 74.0 Å². The fourth-order valence-electron chi connectivity index (χ4n) is 1.70. The minimum Gasteiger partial charge on any atom is -0.411 e. The van der Waals surface area contributed by atoms with Crippen molar-refractivity contribution in [2.75, 3.05) is 0 Å². The molecule has 1 aliphatic rings. The maximum Gasteiger partial charge on any atom is 0.0793 e. The molecule has 0 fully saturated rings. The fourth-order valence-corrected chi connectivity index (χ4v) is 1.70. The molecule has 0 saturated carbocycles. The molecule has 1 N–H and O–H groups in total. The lowest BCUT2D eigenvalue weighted by Crippen LogP contribution is -2.15. The summed E-state index contributed by atoms with van der Waals surface area (Å²) in [6, 6.07) is 0. The quantitative estimate of drug-likeness (QED) is 0.363. The molecule has 12 heavy (non-hydrogen) atoms. The Morgan fingerprint density at radius 3 is 2.75 bits per heavy atom. The van der Waals surface area contributed by atoms with Crippen LogP contribution in [0.3, 0.4) is 0 Å². The number of hydrogen-bond donors (Lipinski definition) is 1. The lowest BCUT2D eigenvalue weighted by Gasteiger charge is -2.27. The molecule has 2 nitrogen and oxygen atoms in total. The van der Waals surface area contributed by atoms with Crippen molar-refractivity contribution in [3.63, 3.8) is 0 Å². The summed E-state index contributed by atoms with van der Waals surface area (Å²) in [5.41, 5.74) is 2.25. The van der Waals surface area contributed by atoms with E-state index in [9.17, 15) is 0 Å². The largest absolute Gasteiger partial charge is 0.411 e. The van der Waals surface area contributed by atoms with Crippen LogP contribution >= 0.6 is 0 Å². The molecule has 0 bridgehead atoms. The molecule has 68 valence electrons. The Hall–Kier alpha value is -0.790. The molecule has 1 aliphatic carbocycles. The van der Waals surface area contributed by atoms with Gasteiger partial charge in [-0.25, -0.2) is 0 Å². The zero-order chi connectivity index (χ0) is 9.19. The Morgan fingerprint density at radius 2 is 2.25 bits per heavy atom. The molecule has 0 aromatic heterocycles. The number of rotatable bonds is 1. The highest BCUT2D eigenvalue weighted by molar-refractivity contribution is 5.97. The van der Waals surface area contributed by atoms with Crippen molar-refractivity contribution >= 4 is 5.71 Å². The Bertz CT molecular complexity index is 226. The SMILES string of the molecule is C/C(=N/O)C1=CC(C)(C)CCC1. The summed E-state index contributed by atoms with van der Waals surface area (Å²) in [5.74, 6) is 0. The predicted octanol–water partition coefficient (Wildman–Crippen LogP) is 2.97. The normalized spacial score (nSPS) is 23.6. The number of nitrogens with zero attached hydrogens (tertiary/aromatic N) is 1. The molecule has 0 aliphatic heterocycles. The number of allylic oxidation sites excluding steroid dienone is 2. The van der Waals surface area contributed by atoms with Crippen molar-refractivity contribution < 1.29 is 5.21 Å². The van der Waals surface area contributed by atoms with Gasteiger partial charge in [-0.05, 0) is 37.2 Å². The van der Waals surface area contributed by atoms with Gasteiger partial charge in [-0.2, -0.15) is 0 Å². The minimum absolute atomic E-state index is 0.277. The van der Waals surface area contributed by atoms with Gasteiger partial charge in [-0.15, -0.1) is 0 Å². The van der Waals surface area contributed by atoms with Crippen LogP contribution in [-0.4, -0.2) is 10.9 Å². The monoisotopic (exact) mass is 167 g/mol. The van der Waals surface area contributed by atoms with E-state index in [4.69, 9.17) is 5.21 Å². The van der Waals surface area contributed by atoms with Crippen LogP contribution < -0.4 is 0 Å². The standard InChI is InChI=1S/C10H17NO/c1-8(11-12)9-5-4-6-10(2,3)7-9/h7,12H,4-6H2,1-3H3/b11-8-. The first-order valence-electron chi connectivity index (χ1n) is 4.46. The third kappa shape index (κ3) is 2.10. The van der Waals surface area contributed by atoms with E-state index < -0.39 is 0 Å². The van der Waals surface area contributed by atoms with Gasteiger partial charge in [0.15, 0.2) is 0 Å². The van der Waals surface area contributed by atoms with Crippen LogP contribution in [0.1, 0.15) is 40.0 Å². The van der Waals surface area contributed by atoms with Crippen LogP contribution in [0, 0.1) is 5.41 Å². The highest BCUT2D eigenvalue weighted by Gasteiger charge is 2.21. The van der Waals surface area contributed by atoms with E-state index in [2.05, 4.69) is 25.1 Å². The Balaban J connectivity index is 2.85. The van der Waals surface area contributed by atoms with E-state index in [1.807, 2.05) is 6.92 Å². The Kier molecular flexibility index (Phi) is 2.55. The zero-order valence-corrected chi connectivity index (χ0v) is 8.09. The van der Waals surface area contributed by atoms with Gasteiger partial charge in [0.25, 0.3) is 0 Å². The first-order chi connectivity index (χ1) is 5.55. The van der Waals surface area contributed by atoms with Gasteiger partial charge >= 0.3 is 0 Å². The highest BCUT2D eigenvalue weighted by Crippen LogP contribution is 2.33. The molecule has 0 radical (unpaired) electrons. The van der Waals surface area contributed by atoms with Crippen LogP contribution in [0.15, 0.2) is 16.8 Å². The van der Waals surface area contributed by atoms with Crippen LogP contribution in [-0.2, 0) is 0 Å². The Morgan fingerprint density at radius 1 is 1.58 bits per heavy atom. The molecule has 0 unspecified atom stereocenters. The van der Waals surface area contributed by atoms with Gasteiger partial charge < -0.3 is 5.21 Å². The first kappa shape index (κ1) is 9.30. The molecular weight excluding hydrogens is 150 g/mol. The second-order valence-electron chi connectivity index (χ2n) is 4.20. The van der Waals surface area contributed by atoms with Crippen LogP contribution in [0.2, 0.25) is 0 Å². The van der Waals surface area contributed by atoms with Gasteiger partial charge in [0.05, 0.1) is 5.71 Å². The van der Waals surface area contributed by atoms with E-state index in [-0.39, 0.29) is 5.41 Å². The molecule has 0 spiro atoms. The van der Waals surface area contributed by atoms with Gasteiger partial charge in [0, 0.05) is 0 Å². The average Bonchev–Trinajstić information content (AvgIpc) is 2.01. The summed E-state index contributed by atoms with van der Waals surface area (Å²) in [5, 5.41) is 11.8. The molecule has 0 aromatic carbocycles. The third-order valence-electron chi connectivity index (χ3n) is 2.45. The van der Waals surface area contributed by atoms with E-state index >= 15 is 0 Å². The molecule has 0 heterocycles. The van der Waals surface area contributed by atoms with E-state index in [0.29, 0.717) is 0 Å². The zero-order valence-electron chi connectivity index (χ0n) is 8.09. The molecular formula is C10H17NO. The summed E-state index contributed by atoms with van der Waals surface area (Å²) in [4.78, 5) is 0. The van der Waals surface area contributed by atoms with Crippen LogP contribution in [0.4, 0.5) is 0 Å². The summed E-state index contributed by atoms with van der Waals surface area (Å²) < 4.78 is 0. The van der Waals surface area contributed by atoms with Crippen molar-refractivity contribution in [3.05, 3.63) is 11.6 Å². The summed E-state index contributed by atoms with van der Waals surface area (Å²) in [6.07, 6.45) is 5.71. The van der Waals surface area contributed by atoms with Gasteiger partial charge in [0.2, 0.25) is 0 Å². The lowest BCUT2D eigenvalue weighted by atomic mass is 9.79. The highest BCUT2D eigenvalue weighted by atomic mass is 16.4. The summed E-state index contributed by atoms with van der Waals surface area (Å²) in [6.45, 7) is 6.29. The van der Waals surface area contributed by atoms with E-state index in [1.165, 1.54) is 18.4 Å². The van der Waals surface area contributed by atoms with Gasteiger partial charge in [0.1, 0.15) is 0 Å². The maximum absolute atomic E-state index is 8.60. The molecule has 2 heteroatoms. The third-order valence-corrected chi connectivity index (χ3v) is 2.45. The van der Waals surface area contributed by atoms with Crippen molar-refractivity contribution in [2.24, 2.45) is 10.6 Å². The smallest absolute Gasteiger partial charge is 0.0793 e. The predicted molar refractivity (Wildman–Crippen MR) is 50.6 cm³/mol. The topological polar surface area (TPSA) is 32.6 Å². The number of oxime groups is 1. The summed E-state index contributed by atoms with van der Waals surface area (Å²) >= 11 is 0. The van der Waals surface area contributed by atoms with Crippen molar-refractivity contribution in [1.82, 2.24) is 0 Å². The minimum atomic E-state index is 0.277. The molecule has 0 atom stereocenters.